The number of anilines is 1. The number of amides is 2. The highest BCUT2D eigenvalue weighted by Gasteiger charge is 2.13. The van der Waals surface area contributed by atoms with Crippen LogP contribution >= 0.6 is 0 Å². The van der Waals surface area contributed by atoms with Gasteiger partial charge in [0, 0.05) is 11.3 Å². The summed E-state index contributed by atoms with van der Waals surface area (Å²) in [6, 6.07) is 20.4. The third-order valence-electron chi connectivity index (χ3n) is 4.71. The molecule has 0 bridgehead atoms. The van der Waals surface area contributed by atoms with Crippen LogP contribution in [0.3, 0.4) is 0 Å². The molecule has 0 radical (unpaired) electrons. The number of carbonyl (C=O) groups is 3. The average molecular weight is 448 g/mol. The number of carbonyl (C=O) groups excluding carboxylic acids is 3. The third kappa shape index (κ3) is 6.57. The van der Waals surface area contributed by atoms with Crippen molar-refractivity contribution in [3.63, 3.8) is 0 Å². The first-order valence-electron chi connectivity index (χ1n) is 10.1. The van der Waals surface area contributed by atoms with Crippen molar-refractivity contribution in [1.29, 1.82) is 0 Å². The summed E-state index contributed by atoms with van der Waals surface area (Å²) in [5.41, 5.74) is 2.15. The van der Waals surface area contributed by atoms with Crippen molar-refractivity contribution in [2.75, 3.05) is 26.1 Å². The van der Waals surface area contributed by atoms with Gasteiger partial charge in [-0.1, -0.05) is 24.3 Å². The minimum absolute atomic E-state index is 0.0176. The fourth-order valence-electron chi connectivity index (χ4n) is 2.92. The normalized spacial score (nSPS) is 10.1. The summed E-state index contributed by atoms with van der Waals surface area (Å²) in [7, 11) is 3.04. The molecule has 8 heteroatoms. The predicted molar refractivity (Wildman–Crippen MR) is 123 cm³/mol. The number of esters is 1. The van der Waals surface area contributed by atoms with Gasteiger partial charge in [-0.2, -0.15) is 0 Å². The molecular formula is C25H24N2O6. The molecule has 0 spiro atoms. The highest BCUT2D eigenvalue weighted by Crippen LogP contribution is 2.17. The average Bonchev–Trinajstić information content (AvgIpc) is 2.86. The SMILES string of the molecule is COc1ccc(NC(=O)c2ccc(COC(=O)CNC(=O)c3ccccc3OC)cc2)cc1. The molecule has 33 heavy (non-hydrogen) atoms. The van der Waals surface area contributed by atoms with Crippen LogP contribution in [0.1, 0.15) is 26.3 Å². The van der Waals surface area contributed by atoms with E-state index in [9.17, 15) is 14.4 Å². The van der Waals surface area contributed by atoms with Crippen molar-refractivity contribution in [2.45, 2.75) is 6.61 Å². The van der Waals surface area contributed by atoms with Crippen LogP contribution in [-0.2, 0) is 16.1 Å². The Morgan fingerprint density at radius 3 is 2.15 bits per heavy atom. The standard InChI is InChI=1S/C25H24N2O6/c1-31-20-13-11-19(12-14-20)27-24(29)18-9-7-17(8-10-18)16-33-23(28)15-26-25(30)21-5-3-4-6-22(21)32-2/h3-14H,15-16H2,1-2H3,(H,26,30)(H,27,29). The van der Waals surface area contributed by atoms with Crippen LogP contribution in [0.5, 0.6) is 11.5 Å². The topological polar surface area (TPSA) is 103 Å². The molecule has 0 heterocycles. The molecule has 0 saturated heterocycles. The Kier molecular flexibility index (Phi) is 8.02. The molecule has 8 nitrogen and oxygen atoms in total. The van der Waals surface area contributed by atoms with Gasteiger partial charge in [-0.3, -0.25) is 14.4 Å². The first kappa shape index (κ1) is 23.3. The number of ether oxygens (including phenoxy) is 3. The summed E-state index contributed by atoms with van der Waals surface area (Å²) in [5.74, 6) is -0.162. The molecule has 0 aliphatic rings. The zero-order chi connectivity index (χ0) is 23.6. The van der Waals surface area contributed by atoms with Crippen LogP contribution in [-0.4, -0.2) is 38.5 Å². The molecule has 0 aliphatic heterocycles. The van der Waals surface area contributed by atoms with Crippen molar-refractivity contribution < 1.29 is 28.6 Å². The summed E-state index contributed by atoms with van der Waals surface area (Å²) in [6.07, 6.45) is 0. The lowest BCUT2D eigenvalue weighted by Crippen LogP contribution is -2.30. The summed E-state index contributed by atoms with van der Waals surface area (Å²) in [4.78, 5) is 36.6. The second kappa shape index (κ2) is 11.3. The zero-order valence-electron chi connectivity index (χ0n) is 18.3. The van der Waals surface area contributed by atoms with E-state index in [0.29, 0.717) is 33.9 Å². The first-order valence-corrected chi connectivity index (χ1v) is 10.1. The fourth-order valence-corrected chi connectivity index (χ4v) is 2.92. The van der Waals surface area contributed by atoms with Crippen molar-refractivity contribution in [3.8, 4) is 11.5 Å². The minimum atomic E-state index is -0.584. The Labute approximate surface area is 191 Å². The monoisotopic (exact) mass is 448 g/mol. The van der Waals surface area contributed by atoms with Gasteiger partial charge in [-0.15, -0.1) is 0 Å². The first-order chi connectivity index (χ1) is 16.0. The molecular weight excluding hydrogens is 424 g/mol. The summed E-state index contributed by atoms with van der Waals surface area (Å²) >= 11 is 0. The lowest BCUT2D eigenvalue weighted by Gasteiger charge is -2.10. The molecule has 3 aromatic carbocycles. The summed E-state index contributed by atoms with van der Waals surface area (Å²) in [6.45, 7) is -0.261. The number of rotatable bonds is 9. The van der Waals surface area contributed by atoms with Gasteiger partial charge < -0.3 is 24.8 Å². The van der Waals surface area contributed by atoms with Gasteiger partial charge in [0.2, 0.25) is 0 Å². The van der Waals surface area contributed by atoms with Gasteiger partial charge in [-0.25, -0.2) is 0 Å². The van der Waals surface area contributed by atoms with E-state index < -0.39 is 11.9 Å². The summed E-state index contributed by atoms with van der Waals surface area (Å²) in [5, 5.41) is 5.31. The van der Waals surface area contributed by atoms with E-state index in [1.54, 1.807) is 79.9 Å². The maximum absolute atomic E-state index is 12.4. The number of para-hydroxylation sites is 1. The van der Waals surface area contributed by atoms with Crippen molar-refractivity contribution in [3.05, 3.63) is 89.5 Å². The molecule has 0 atom stereocenters. The van der Waals surface area contributed by atoms with Crippen LogP contribution in [0.2, 0.25) is 0 Å². The van der Waals surface area contributed by atoms with E-state index >= 15 is 0 Å². The maximum atomic E-state index is 12.4. The smallest absolute Gasteiger partial charge is 0.325 e. The molecule has 0 aromatic heterocycles. The second-order valence-electron chi connectivity index (χ2n) is 6.92. The van der Waals surface area contributed by atoms with E-state index in [1.807, 2.05) is 0 Å². The predicted octanol–water partition coefficient (Wildman–Crippen LogP) is 3.43. The Bertz CT molecular complexity index is 1110. The number of benzene rings is 3. The number of hydrogen-bond donors (Lipinski definition) is 2. The van der Waals surface area contributed by atoms with E-state index in [2.05, 4.69) is 10.6 Å². The number of nitrogens with one attached hydrogen (secondary N) is 2. The van der Waals surface area contributed by atoms with Crippen LogP contribution < -0.4 is 20.1 Å². The van der Waals surface area contributed by atoms with Gasteiger partial charge in [0.1, 0.15) is 24.7 Å². The molecule has 3 aromatic rings. The van der Waals surface area contributed by atoms with Gasteiger partial charge in [0.05, 0.1) is 19.8 Å². The highest BCUT2D eigenvalue weighted by atomic mass is 16.5. The van der Waals surface area contributed by atoms with Crippen LogP contribution in [0, 0.1) is 0 Å². The van der Waals surface area contributed by atoms with Crippen molar-refractivity contribution in [1.82, 2.24) is 5.32 Å². The van der Waals surface area contributed by atoms with Gasteiger partial charge in [-0.05, 0) is 54.1 Å². The Morgan fingerprint density at radius 1 is 0.788 bits per heavy atom. The molecule has 0 unspecified atom stereocenters. The minimum Gasteiger partial charge on any atom is -0.497 e. The molecule has 2 amide bonds. The van der Waals surface area contributed by atoms with E-state index in [-0.39, 0.29) is 19.1 Å². The fraction of sp³-hybridized carbons (Fsp3) is 0.160. The Morgan fingerprint density at radius 2 is 1.48 bits per heavy atom. The van der Waals surface area contributed by atoms with Crippen molar-refractivity contribution >= 4 is 23.5 Å². The molecule has 0 fully saturated rings. The van der Waals surface area contributed by atoms with E-state index in [0.717, 1.165) is 0 Å². The maximum Gasteiger partial charge on any atom is 0.325 e. The quantitative estimate of drug-likeness (QED) is 0.486. The summed E-state index contributed by atoms with van der Waals surface area (Å²) < 4.78 is 15.4. The molecule has 2 N–H and O–H groups in total. The van der Waals surface area contributed by atoms with Crippen LogP contribution in [0.25, 0.3) is 0 Å². The van der Waals surface area contributed by atoms with Gasteiger partial charge >= 0.3 is 5.97 Å². The molecule has 170 valence electrons. The zero-order valence-corrected chi connectivity index (χ0v) is 18.3. The van der Waals surface area contributed by atoms with E-state index in [1.165, 1.54) is 7.11 Å². The molecule has 3 rings (SSSR count). The van der Waals surface area contributed by atoms with Crippen LogP contribution in [0.15, 0.2) is 72.8 Å². The lowest BCUT2D eigenvalue weighted by molar-refractivity contribution is -0.143. The Hall–Kier alpha value is -4.33. The number of hydrogen-bond acceptors (Lipinski definition) is 6. The second-order valence-corrected chi connectivity index (χ2v) is 6.92. The third-order valence-corrected chi connectivity index (χ3v) is 4.71. The van der Waals surface area contributed by atoms with E-state index in [4.69, 9.17) is 14.2 Å². The molecule has 0 aliphatic carbocycles. The highest BCUT2D eigenvalue weighted by molar-refractivity contribution is 6.04. The Balaban J connectivity index is 1.46. The van der Waals surface area contributed by atoms with Gasteiger partial charge in [0.25, 0.3) is 11.8 Å². The van der Waals surface area contributed by atoms with Gasteiger partial charge in [0.15, 0.2) is 0 Å². The number of methoxy groups -OCH3 is 2. The van der Waals surface area contributed by atoms with Crippen molar-refractivity contribution in [2.24, 2.45) is 0 Å². The lowest BCUT2D eigenvalue weighted by atomic mass is 10.1. The largest absolute Gasteiger partial charge is 0.497 e. The molecule has 0 saturated carbocycles. The van der Waals surface area contributed by atoms with Crippen LogP contribution in [0.4, 0.5) is 5.69 Å².